The molecule has 1 N–H and O–H groups in total. The van der Waals surface area contributed by atoms with Crippen LogP contribution in [0.2, 0.25) is 0 Å². The van der Waals surface area contributed by atoms with Crippen molar-refractivity contribution in [1.29, 1.82) is 0 Å². The summed E-state index contributed by atoms with van der Waals surface area (Å²) in [6.45, 7) is 10.7. The SMILES string of the molecule is C=CCn1c(S[C@H](C)c2nc3sc(C)c(C)c3c(=O)[nH]2)nnc1C1CCCCC1. The van der Waals surface area contributed by atoms with Crippen LogP contribution in [0.1, 0.15) is 72.3 Å². The molecule has 4 rings (SSSR count). The lowest BCUT2D eigenvalue weighted by Gasteiger charge is -2.21. The lowest BCUT2D eigenvalue weighted by molar-refractivity contribution is 0.415. The van der Waals surface area contributed by atoms with Gasteiger partial charge >= 0.3 is 0 Å². The highest BCUT2D eigenvalue weighted by Gasteiger charge is 2.25. The Hall–Kier alpha value is -1.93. The maximum atomic E-state index is 12.6. The van der Waals surface area contributed by atoms with Crippen LogP contribution in [0.3, 0.4) is 0 Å². The van der Waals surface area contributed by atoms with Gasteiger partial charge in [-0.05, 0) is 39.2 Å². The van der Waals surface area contributed by atoms with E-state index in [0.717, 1.165) is 26.3 Å². The Morgan fingerprint density at radius 2 is 2.07 bits per heavy atom. The third-order valence-corrected chi connectivity index (χ3v) is 7.94. The van der Waals surface area contributed by atoms with Gasteiger partial charge in [-0.15, -0.1) is 28.1 Å². The molecule has 1 atom stereocenters. The van der Waals surface area contributed by atoms with Crippen LogP contribution in [-0.2, 0) is 6.54 Å². The fraction of sp³-hybridized carbons (Fsp3) is 0.524. The number of nitrogens with zero attached hydrogens (tertiary/aromatic N) is 4. The normalized spacial score (nSPS) is 16.4. The molecule has 1 aliphatic rings. The zero-order valence-electron chi connectivity index (χ0n) is 17.2. The number of thioether (sulfide) groups is 1. The van der Waals surface area contributed by atoms with Crippen LogP contribution in [-0.4, -0.2) is 24.7 Å². The zero-order valence-corrected chi connectivity index (χ0v) is 18.8. The zero-order chi connectivity index (χ0) is 20.5. The Labute approximate surface area is 178 Å². The summed E-state index contributed by atoms with van der Waals surface area (Å²) in [5, 5.41) is 10.6. The van der Waals surface area contributed by atoms with Crippen molar-refractivity contribution in [2.45, 2.75) is 75.7 Å². The van der Waals surface area contributed by atoms with E-state index in [1.807, 2.05) is 19.9 Å². The van der Waals surface area contributed by atoms with Crippen molar-refractivity contribution in [2.75, 3.05) is 0 Å². The maximum Gasteiger partial charge on any atom is 0.259 e. The molecule has 6 nitrogen and oxygen atoms in total. The Kier molecular flexibility index (Phi) is 5.92. The minimum Gasteiger partial charge on any atom is -0.309 e. The van der Waals surface area contributed by atoms with Gasteiger partial charge in [-0.1, -0.05) is 37.1 Å². The maximum absolute atomic E-state index is 12.6. The molecular formula is C21H27N5OS2. The first kappa shape index (κ1) is 20.3. The summed E-state index contributed by atoms with van der Waals surface area (Å²) in [5.41, 5.74) is 0.961. The second kappa shape index (κ2) is 8.44. The first-order valence-electron chi connectivity index (χ1n) is 10.2. The number of aryl methyl sites for hydroxylation is 2. The van der Waals surface area contributed by atoms with Crippen LogP contribution < -0.4 is 5.56 Å². The molecule has 1 saturated carbocycles. The summed E-state index contributed by atoms with van der Waals surface area (Å²) >= 11 is 3.17. The molecule has 0 spiro atoms. The molecule has 0 radical (unpaired) electrons. The first-order chi connectivity index (χ1) is 14.0. The number of H-pyrrole nitrogens is 1. The van der Waals surface area contributed by atoms with Gasteiger partial charge in [0.05, 0.1) is 10.6 Å². The van der Waals surface area contributed by atoms with Gasteiger partial charge in [-0.25, -0.2) is 4.98 Å². The number of aromatic amines is 1. The van der Waals surface area contributed by atoms with Crippen molar-refractivity contribution < 1.29 is 0 Å². The Bertz CT molecular complexity index is 1090. The molecule has 29 heavy (non-hydrogen) atoms. The van der Waals surface area contributed by atoms with E-state index in [1.54, 1.807) is 23.1 Å². The van der Waals surface area contributed by atoms with Gasteiger partial charge in [0.1, 0.15) is 16.5 Å². The van der Waals surface area contributed by atoms with Gasteiger partial charge < -0.3 is 9.55 Å². The number of hydrogen-bond acceptors (Lipinski definition) is 6. The van der Waals surface area contributed by atoms with Crippen LogP contribution in [0, 0.1) is 13.8 Å². The lowest BCUT2D eigenvalue weighted by Crippen LogP contribution is -2.14. The summed E-state index contributed by atoms with van der Waals surface area (Å²) < 4.78 is 2.18. The molecule has 3 heterocycles. The number of fused-ring (bicyclic) bond motifs is 1. The minimum absolute atomic E-state index is 0.0400. The molecule has 0 aliphatic heterocycles. The molecule has 0 saturated heterocycles. The smallest absolute Gasteiger partial charge is 0.259 e. The van der Waals surface area contributed by atoms with Crippen LogP contribution in [0.15, 0.2) is 22.6 Å². The van der Waals surface area contributed by atoms with Gasteiger partial charge in [0.25, 0.3) is 5.56 Å². The number of rotatable bonds is 6. The van der Waals surface area contributed by atoms with Crippen molar-refractivity contribution in [3.63, 3.8) is 0 Å². The average molecular weight is 430 g/mol. The molecule has 8 heteroatoms. The third kappa shape index (κ3) is 3.92. The lowest BCUT2D eigenvalue weighted by atomic mass is 9.89. The fourth-order valence-electron chi connectivity index (χ4n) is 4.03. The van der Waals surface area contributed by atoms with Crippen molar-refractivity contribution >= 4 is 33.3 Å². The highest BCUT2D eigenvalue weighted by molar-refractivity contribution is 7.99. The number of hydrogen-bond donors (Lipinski definition) is 1. The van der Waals surface area contributed by atoms with Crippen molar-refractivity contribution in [3.8, 4) is 0 Å². The van der Waals surface area contributed by atoms with E-state index >= 15 is 0 Å². The molecule has 0 bridgehead atoms. The number of thiophene rings is 1. The van der Waals surface area contributed by atoms with E-state index in [4.69, 9.17) is 4.98 Å². The standard InChI is InChI=1S/C21H27N5OS2/c1-5-11-26-18(15-9-7-6-8-10-15)24-25-21(26)29-14(4)17-22-19(27)16-12(2)13(3)28-20(16)23-17/h5,14-15H,1,6-11H2,2-4H3,(H,22,23,27)/t14-/m1/s1. The molecule has 0 amide bonds. The second-order valence-electron chi connectivity index (χ2n) is 7.75. The fourth-order valence-corrected chi connectivity index (χ4v) is 5.99. The van der Waals surface area contributed by atoms with E-state index in [0.29, 0.717) is 23.7 Å². The summed E-state index contributed by atoms with van der Waals surface area (Å²) in [4.78, 5) is 22.3. The summed E-state index contributed by atoms with van der Waals surface area (Å²) in [7, 11) is 0. The molecular weight excluding hydrogens is 402 g/mol. The van der Waals surface area contributed by atoms with Gasteiger partial charge in [0.2, 0.25) is 0 Å². The second-order valence-corrected chi connectivity index (χ2v) is 10.3. The summed E-state index contributed by atoms with van der Waals surface area (Å²) in [5.74, 6) is 2.23. The minimum atomic E-state index is -0.0604. The van der Waals surface area contributed by atoms with Crippen molar-refractivity contribution in [1.82, 2.24) is 24.7 Å². The molecule has 0 unspecified atom stereocenters. The van der Waals surface area contributed by atoms with Crippen LogP contribution in [0.25, 0.3) is 10.2 Å². The van der Waals surface area contributed by atoms with E-state index < -0.39 is 0 Å². The molecule has 3 aromatic heterocycles. The Morgan fingerprint density at radius 3 is 2.79 bits per heavy atom. The molecule has 154 valence electrons. The summed E-state index contributed by atoms with van der Waals surface area (Å²) in [6, 6.07) is 0. The van der Waals surface area contributed by atoms with Gasteiger partial charge in [-0.2, -0.15) is 0 Å². The van der Waals surface area contributed by atoms with Gasteiger partial charge in [0.15, 0.2) is 5.16 Å². The number of nitrogens with one attached hydrogen (secondary N) is 1. The average Bonchev–Trinajstić information content (AvgIpc) is 3.23. The first-order valence-corrected chi connectivity index (χ1v) is 11.9. The highest BCUT2D eigenvalue weighted by Crippen LogP contribution is 2.37. The van der Waals surface area contributed by atoms with Crippen molar-refractivity contribution in [2.24, 2.45) is 0 Å². The Balaban J connectivity index is 1.63. The molecule has 0 aromatic carbocycles. The number of allylic oxidation sites excluding steroid dienone is 1. The van der Waals surface area contributed by atoms with Crippen LogP contribution in [0.5, 0.6) is 0 Å². The third-order valence-electron chi connectivity index (χ3n) is 5.75. The van der Waals surface area contributed by atoms with Crippen LogP contribution in [0.4, 0.5) is 0 Å². The molecule has 3 aromatic rings. The molecule has 1 aliphatic carbocycles. The number of aromatic nitrogens is 5. The van der Waals surface area contributed by atoms with E-state index in [2.05, 4.69) is 33.3 Å². The molecule has 1 fully saturated rings. The summed E-state index contributed by atoms with van der Waals surface area (Å²) in [6.07, 6.45) is 8.09. The highest BCUT2D eigenvalue weighted by atomic mass is 32.2. The predicted molar refractivity (Wildman–Crippen MR) is 120 cm³/mol. The Morgan fingerprint density at radius 1 is 1.31 bits per heavy atom. The quantitative estimate of drug-likeness (QED) is 0.426. The monoisotopic (exact) mass is 429 g/mol. The largest absolute Gasteiger partial charge is 0.309 e. The van der Waals surface area contributed by atoms with Crippen molar-refractivity contribution in [3.05, 3.63) is 45.1 Å². The van der Waals surface area contributed by atoms with Gasteiger partial charge in [0, 0.05) is 17.3 Å². The van der Waals surface area contributed by atoms with E-state index in [1.165, 1.54) is 32.1 Å². The van der Waals surface area contributed by atoms with Crippen LogP contribution >= 0.6 is 23.1 Å². The predicted octanol–water partition coefficient (Wildman–Crippen LogP) is 5.28. The van der Waals surface area contributed by atoms with E-state index in [9.17, 15) is 4.79 Å². The van der Waals surface area contributed by atoms with E-state index in [-0.39, 0.29) is 10.8 Å². The topological polar surface area (TPSA) is 76.5 Å². The van der Waals surface area contributed by atoms with Gasteiger partial charge in [-0.3, -0.25) is 4.79 Å².